The van der Waals surface area contributed by atoms with Gasteiger partial charge in [0.1, 0.15) is 0 Å². The highest BCUT2D eigenvalue weighted by Crippen LogP contribution is 2.17. The average molecular weight is 263 g/mol. The summed E-state index contributed by atoms with van der Waals surface area (Å²) in [6.45, 7) is 5.83. The molecule has 0 aliphatic rings. The SMILES string of the molecule is Cc1cc(C(N)=O)ccc1NC(=O)C(N)CC(C)C. The monoisotopic (exact) mass is 263 g/mol. The van der Waals surface area contributed by atoms with Gasteiger partial charge < -0.3 is 16.8 Å². The lowest BCUT2D eigenvalue weighted by atomic mass is 10.0. The maximum atomic E-state index is 11.9. The molecule has 0 aliphatic heterocycles. The van der Waals surface area contributed by atoms with Crippen molar-refractivity contribution < 1.29 is 9.59 Å². The van der Waals surface area contributed by atoms with Gasteiger partial charge in [-0.25, -0.2) is 0 Å². The molecule has 5 heteroatoms. The summed E-state index contributed by atoms with van der Waals surface area (Å²) >= 11 is 0. The molecule has 5 nitrogen and oxygen atoms in total. The summed E-state index contributed by atoms with van der Waals surface area (Å²) in [5.41, 5.74) is 12.8. The molecule has 19 heavy (non-hydrogen) atoms. The van der Waals surface area contributed by atoms with Gasteiger partial charge in [-0.05, 0) is 43.0 Å². The van der Waals surface area contributed by atoms with E-state index in [2.05, 4.69) is 5.32 Å². The van der Waals surface area contributed by atoms with Gasteiger partial charge >= 0.3 is 0 Å². The maximum absolute atomic E-state index is 11.9. The van der Waals surface area contributed by atoms with E-state index in [-0.39, 0.29) is 5.91 Å². The van der Waals surface area contributed by atoms with Crippen molar-refractivity contribution in [3.8, 4) is 0 Å². The van der Waals surface area contributed by atoms with Crippen molar-refractivity contribution in [2.45, 2.75) is 33.2 Å². The number of nitrogens with one attached hydrogen (secondary N) is 1. The third-order valence-corrected chi connectivity index (χ3v) is 2.83. The van der Waals surface area contributed by atoms with E-state index in [4.69, 9.17) is 11.5 Å². The van der Waals surface area contributed by atoms with Gasteiger partial charge in [-0.1, -0.05) is 13.8 Å². The smallest absolute Gasteiger partial charge is 0.248 e. The first-order valence-corrected chi connectivity index (χ1v) is 6.28. The van der Waals surface area contributed by atoms with E-state index in [1.807, 2.05) is 13.8 Å². The molecule has 0 bridgehead atoms. The van der Waals surface area contributed by atoms with E-state index in [1.54, 1.807) is 25.1 Å². The highest BCUT2D eigenvalue weighted by atomic mass is 16.2. The zero-order valence-corrected chi connectivity index (χ0v) is 11.6. The summed E-state index contributed by atoms with van der Waals surface area (Å²) in [4.78, 5) is 22.9. The molecule has 1 atom stereocenters. The van der Waals surface area contributed by atoms with E-state index < -0.39 is 11.9 Å². The molecule has 0 heterocycles. The number of anilines is 1. The number of carbonyl (C=O) groups excluding carboxylic acids is 2. The molecule has 0 radical (unpaired) electrons. The van der Waals surface area contributed by atoms with Crippen molar-refractivity contribution in [2.75, 3.05) is 5.32 Å². The van der Waals surface area contributed by atoms with Crippen molar-refractivity contribution in [3.05, 3.63) is 29.3 Å². The lowest BCUT2D eigenvalue weighted by Crippen LogP contribution is -2.36. The van der Waals surface area contributed by atoms with E-state index >= 15 is 0 Å². The standard InChI is InChI=1S/C14H21N3O2/c1-8(2)6-11(15)14(19)17-12-5-4-10(13(16)18)7-9(12)3/h4-5,7-8,11H,6,15H2,1-3H3,(H2,16,18)(H,17,19). The Balaban J connectivity index is 2.77. The fraction of sp³-hybridized carbons (Fsp3) is 0.429. The number of primary amides is 1. The molecule has 2 amide bonds. The molecule has 1 rings (SSSR count). The average Bonchev–Trinajstić information content (AvgIpc) is 2.30. The van der Waals surface area contributed by atoms with Crippen molar-refractivity contribution in [1.29, 1.82) is 0 Å². The lowest BCUT2D eigenvalue weighted by molar-refractivity contribution is -0.117. The van der Waals surface area contributed by atoms with Gasteiger partial charge in [-0.3, -0.25) is 9.59 Å². The van der Waals surface area contributed by atoms with Crippen LogP contribution in [0.25, 0.3) is 0 Å². The Morgan fingerprint density at radius 2 is 1.95 bits per heavy atom. The van der Waals surface area contributed by atoms with Gasteiger partial charge in [-0.15, -0.1) is 0 Å². The summed E-state index contributed by atoms with van der Waals surface area (Å²) in [5, 5.41) is 2.77. The molecule has 0 aliphatic carbocycles. The highest BCUT2D eigenvalue weighted by molar-refractivity contribution is 5.97. The largest absolute Gasteiger partial charge is 0.366 e. The Bertz CT molecular complexity index is 484. The normalized spacial score (nSPS) is 12.3. The van der Waals surface area contributed by atoms with Crippen LogP contribution in [-0.4, -0.2) is 17.9 Å². The molecule has 0 saturated heterocycles. The first-order valence-electron chi connectivity index (χ1n) is 6.28. The number of carbonyl (C=O) groups is 2. The molecule has 104 valence electrons. The number of hydrogen-bond donors (Lipinski definition) is 3. The van der Waals surface area contributed by atoms with Crippen LogP contribution in [0.5, 0.6) is 0 Å². The van der Waals surface area contributed by atoms with Crippen molar-refractivity contribution in [3.63, 3.8) is 0 Å². The summed E-state index contributed by atoms with van der Waals surface area (Å²) in [5.74, 6) is -0.347. The van der Waals surface area contributed by atoms with Gasteiger partial charge in [0.2, 0.25) is 11.8 Å². The van der Waals surface area contributed by atoms with Crippen LogP contribution in [0.3, 0.4) is 0 Å². The van der Waals surface area contributed by atoms with Gasteiger partial charge in [-0.2, -0.15) is 0 Å². The molecule has 0 fully saturated rings. The molecular weight excluding hydrogens is 242 g/mol. The van der Waals surface area contributed by atoms with E-state index in [9.17, 15) is 9.59 Å². The quantitative estimate of drug-likeness (QED) is 0.749. The molecule has 5 N–H and O–H groups in total. The Hall–Kier alpha value is -1.88. The van der Waals surface area contributed by atoms with Crippen LogP contribution in [0.15, 0.2) is 18.2 Å². The predicted molar refractivity (Wildman–Crippen MR) is 75.8 cm³/mol. The van der Waals surface area contributed by atoms with Crippen LogP contribution in [0.4, 0.5) is 5.69 Å². The van der Waals surface area contributed by atoms with E-state index in [0.29, 0.717) is 23.6 Å². The predicted octanol–water partition coefficient (Wildman–Crippen LogP) is 1.41. The van der Waals surface area contributed by atoms with E-state index in [1.165, 1.54) is 0 Å². The third-order valence-electron chi connectivity index (χ3n) is 2.83. The van der Waals surface area contributed by atoms with Crippen LogP contribution in [0.2, 0.25) is 0 Å². The molecule has 1 unspecified atom stereocenters. The molecular formula is C14H21N3O2. The Morgan fingerprint density at radius 3 is 2.42 bits per heavy atom. The van der Waals surface area contributed by atoms with Crippen LogP contribution in [-0.2, 0) is 4.79 Å². The van der Waals surface area contributed by atoms with Crippen molar-refractivity contribution >= 4 is 17.5 Å². The second-order valence-corrected chi connectivity index (χ2v) is 5.12. The second-order valence-electron chi connectivity index (χ2n) is 5.12. The molecule has 0 saturated carbocycles. The van der Waals surface area contributed by atoms with Crippen LogP contribution < -0.4 is 16.8 Å². The van der Waals surface area contributed by atoms with Crippen molar-refractivity contribution in [2.24, 2.45) is 17.4 Å². The molecule has 1 aromatic carbocycles. The number of nitrogens with two attached hydrogens (primary N) is 2. The first kappa shape index (κ1) is 15.2. The van der Waals surface area contributed by atoms with Crippen LogP contribution in [0, 0.1) is 12.8 Å². The third kappa shape index (κ3) is 4.37. The fourth-order valence-corrected chi connectivity index (χ4v) is 1.80. The fourth-order valence-electron chi connectivity index (χ4n) is 1.80. The minimum atomic E-state index is -0.532. The Morgan fingerprint density at radius 1 is 1.32 bits per heavy atom. The molecule has 1 aromatic rings. The van der Waals surface area contributed by atoms with Crippen LogP contribution >= 0.6 is 0 Å². The summed E-state index contributed by atoms with van der Waals surface area (Å²) in [6, 6.07) is 4.36. The highest BCUT2D eigenvalue weighted by Gasteiger charge is 2.16. The summed E-state index contributed by atoms with van der Waals surface area (Å²) in [6.07, 6.45) is 0.629. The maximum Gasteiger partial charge on any atom is 0.248 e. The summed E-state index contributed by atoms with van der Waals surface area (Å²) < 4.78 is 0. The zero-order valence-electron chi connectivity index (χ0n) is 11.6. The number of hydrogen-bond acceptors (Lipinski definition) is 3. The van der Waals surface area contributed by atoms with Crippen molar-refractivity contribution in [1.82, 2.24) is 0 Å². The summed E-state index contributed by atoms with van der Waals surface area (Å²) in [7, 11) is 0. The molecule has 0 aromatic heterocycles. The number of benzene rings is 1. The lowest BCUT2D eigenvalue weighted by Gasteiger charge is -2.15. The van der Waals surface area contributed by atoms with Gasteiger partial charge in [0, 0.05) is 11.3 Å². The van der Waals surface area contributed by atoms with Gasteiger partial charge in [0.15, 0.2) is 0 Å². The van der Waals surface area contributed by atoms with Gasteiger partial charge in [0.25, 0.3) is 0 Å². The van der Waals surface area contributed by atoms with Gasteiger partial charge in [0.05, 0.1) is 6.04 Å². The first-order chi connectivity index (χ1) is 8.81. The number of amides is 2. The minimum absolute atomic E-state index is 0.219. The number of rotatable bonds is 5. The zero-order chi connectivity index (χ0) is 14.6. The minimum Gasteiger partial charge on any atom is -0.366 e. The molecule has 0 spiro atoms. The second kappa shape index (κ2) is 6.33. The number of aryl methyl sites for hydroxylation is 1. The topological polar surface area (TPSA) is 98.2 Å². The van der Waals surface area contributed by atoms with Crippen LogP contribution in [0.1, 0.15) is 36.2 Å². The van der Waals surface area contributed by atoms with E-state index in [0.717, 1.165) is 5.56 Å². The Kier molecular flexibility index (Phi) is 5.06. The Labute approximate surface area is 113 Å².